The molecule has 0 aromatic heterocycles. The molecule has 0 N–H and O–H groups in total. The van der Waals surface area contributed by atoms with Crippen LogP contribution in [0.3, 0.4) is 0 Å². The van der Waals surface area contributed by atoms with Gasteiger partial charge in [-0.1, -0.05) is 6.92 Å². The van der Waals surface area contributed by atoms with Crippen molar-refractivity contribution in [2.75, 3.05) is 11.8 Å². The van der Waals surface area contributed by atoms with Crippen LogP contribution in [0, 0.1) is 5.92 Å². The first-order valence-electron chi connectivity index (χ1n) is 4.36. The maximum absolute atomic E-state index is 11.6. The Morgan fingerprint density at radius 1 is 1.54 bits per heavy atom. The lowest BCUT2D eigenvalue weighted by molar-refractivity contribution is 0.293. The molecule has 0 saturated carbocycles. The maximum Gasteiger partial charge on any atom is 0.228 e. The van der Waals surface area contributed by atoms with Crippen molar-refractivity contribution < 1.29 is 8.42 Å². The van der Waals surface area contributed by atoms with E-state index in [1.165, 1.54) is 4.31 Å². The van der Waals surface area contributed by atoms with Crippen molar-refractivity contribution in [3.05, 3.63) is 0 Å². The largest absolute Gasteiger partial charge is 0.228 e. The van der Waals surface area contributed by atoms with E-state index in [-0.39, 0.29) is 10.8 Å². The molecular weight excluding hydrogens is 210 g/mol. The molecule has 3 nitrogen and oxygen atoms in total. The number of sulfonamides is 1. The van der Waals surface area contributed by atoms with Gasteiger partial charge in [-0.05, 0) is 26.2 Å². The topological polar surface area (TPSA) is 37.4 Å². The molecule has 1 fully saturated rings. The van der Waals surface area contributed by atoms with Crippen LogP contribution in [0.2, 0.25) is 0 Å². The van der Waals surface area contributed by atoms with Crippen molar-refractivity contribution in [1.82, 2.24) is 4.31 Å². The van der Waals surface area contributed by atoms with E-state index in [1.54, 1.807) is 0 Å². The fourth-order valence-electron chi connectivity index (χ4n) is 2.10. The molecule has 0 radical (unpaired) electrons. The molecule has 0 spiro atoms. The van der Waals surface area contributed by atoms with Gasteiger partial charge in [-0.3, -0.25) is 0 Å². The summed E-state index contributed by atoms with van der Waals surface area (Å²) >= 11 is 5.42. The van der Waals surface area contributed by atoms with Crippen LogP contribution >= 0.6 is 11.6 Å². The number of rotatable bonds is 2. The predicted octanol–water partition coefficient (Wildman–Crippen LogP) is 1.63. The Morgan fingerprint density at radius 3 is 2.38 bits per heavy atom. The maximum atomic E-state index is 11.6. The van der Waals surface area contributed by atoms with Gasteiger partial charge in [0, 0.05) is 12.1 Å². The average Bonchev–Trinajstić information content (AvgIpc) is 2.25. The van der Waals surface area contributed by atoms with Crippen molar-refractivity contribution in [3.63, 3.8) is 0 Å². The zero-order valence-electron chi connectivity index (χ0n) is 8.25. The molecule has 1 aliphatic heterocycles. The fraction of sp³-hybridized carbons (Fsp3) is 1.00. The molecule has 1 rings (SSSR count). The number of halogens is 1. The second-order valence-electron chi connectivity index (χ2n) is 4.37. The molecule has 5 heteroatoms. The normalized spacial score (nSPS) is 29.4. The van der Waals surface area contributed by atoms with Crippen LogP contribution in [0.1, 0.15) is 27.2 Å². The highest BCUT2D eigenvalue weighted by Crippen LogP contribution is 2.34. The molecule has 1 aliphatic rings. The summed E-state index contributed by atoms with van der Waals surface area (Å²) in [5, 5.41) is -0.316. The van der Waals surface area contributed by atoms with Gasteiger partial charge < -0.3 is 0 Å². The van der Waals surface area contributed by atoms with Gasteiger partial charge in [-0.2, -0.15) is 4.31 Å². The fourth-order valence-corrected chi connectivity index (χ4v) is 3.88. The summed E-state index contributed by atoms with van der Waals surface area (Å²) in [5.74, 6) is 0.424. The second-order valence-corrected chi connectivity index (χ2v) is 6.85. The van der Waals surface area contributed by atoms with Crippen LogP contribution in [0.15, 0.2) is 0 Å². The summed E-state index contributed by atoms with van der Waals surface area (Å²) in [6, 6.07) is 0. The second kappa shape index (κ2) is 3.41. The Morgan fingerprint density at radius 2 is 2.08 bits per heavy atom. The summed E-state index contributed by atoms with van der Waals surface area (Å²) in [6.45, 7) is 6.55. The summed E-state index contributed by atoms with van der Waals surface area (Å²) in [7, 11) is -3.24. The molecule has 0 aromatic rings. The van der Waals surface area contributed by atoms with E-state index in [0.29, 0.717) is 12.5 Å². The van der Waals surface area contributed by atoms with Crippen molar-refractivity contribution in [2.45, 2.75) is 32.7 Å². The lowest BCUT2D eigenvalue weighted by atomic mass is 9.99. The Labute approximate surface area is 85.1 Å². The first-order valence-corrected chi connectivity index (χ1v) is 6.50. The van der Waals surface area contributed by atoms with Crippen LogP contribution in [-0.2, 0) is 10.0 Å². The first-order chi connectivity index (χ1) is 5.79. The molecule has 1 atom stereocenters. The van der Waals surface area contributed by atoms with E-state index in [9.17, 15) is 8.42 Å². The van der Waals surface area contributed by atoms with E-state index < -0.39 is 10.0 Å². The molecule has 0 bridgehead atoms. The van der Waals surface area contributed by atoms with Crippen molar-refractivity contribution in [1.29, 1.82) is 0 Å². The van der Waals surface area contributed by atoms with Gasteiger partial charge in [0.2, 0.25) is 10.0 Å². The van der Waals surface area contributed by atoms with Gasteiger partial charge in [-0.15, -0.1) is 11.6 Å². The van der Waals surface area contributed by atoms with Gasteiger partial charge in [0.25, 0.3) is 0 Å². The highest BCUT2D eigenvalue weighted by atomic mass is 35.5. The monoisotopic (exact) mass is 225 g/mol. The number of alkyl halides is 1. The SMILES string of the molecule is CC1CN(S(=O)(=O)CCl)C(C)(C)C1. The highest BCUT2D eigenvalue weighted by Gasteiger charge is 2.42. The molecule has 0 aliphatic carbocycles. The zero-order chi connectivity index (χ0) is 10.3. The summed E-state index contributed by atoms with van der Waals surface area (Å²) in [4.78, 5) is 0. The van der Waals surface area contributed by atoms with Crippen molar-refractivity contribution in [2.24, 2.45) is 5.92 Å². The van der Waals surface area contributed by atoms with E-state index in [1.807, 2.05) is 13.8 Å². The van der Waals surface area contributed by atoms with Crippen molar-refractivity contribution >= 4 is 21.6 Å². The third kappa shape index (κ3) is 2.17. The third-order valence-corrected chi connectivity index (χ3v) is 4.89. The zero-order valence-corrected chi connectivity index (χ0v) is 9.82. The van der Waals surface area contributed by atoms with Crippen LogP contribution in [0.25, 0.3) is 0 Å². The highest BCUT2D eigenvalue weighted by molar-refractivity contribution is 7.90. The number of nitrogens with zero attached hydrogens (tertiary/aromatic N) is 1. The molecule has 13 heavy (non-hydrogen) atoms. The van der Waals surface area contributed by atoms with E-state index >= 15 is 0 Å². The van der Waals surface area contributed by atoms with E-state index in [4.69, 9.17) is 11.6 Å². The number of hydrogen-bond donors (Lipinski definition) is 0. The smallest absolute Gasteiger partial charge is 0.211 e. The molecule has 0 aromatic carbocycles. The third-order valence-electron chi connectivity index (χ3n) is 2.47. The van der Waals surface area contributed by atoms with Gasteiger partial charge in [0.05, 0.1) is 0 Å². The van der Waals surface area contributed by atoms with E-state index in [2.05, 4.69) is 6.92 Å². The Hall–Kier alpha value is 0.200. The van der Waals surface area contributed by atoms with E-state index in [0.717, 1.165) is 6.42 Å². The Kier molecular flexibility index (Phi) is 2.95. The van der Waals surface area contributed by atoms with Crippen molar-refractivity contribution in [3.8, 4) is 0 Å². The van der Waals surface area contributed by atoms with Gasteiger partial charge in [-0.25, -0.2) is 8.42 Å². The predicted molar refractivity (Wildman–Crippen MR) is 54.2 cm³/mol. The number of hydrogen-bond acceptors (Lipinski definition) is 2. The molecule has 1 heterocycles. The van der Waals surface area contributed by atoms with Crippen LogP contribution in [0.5, 0.6) is 0 Å². The average molecular weight is 226 g/mol. The minimum Gasteiger partial charge on any atom is -0.211 e. The lowest BCUT2D eigenvalue weighted by Crippen LogP contribution is -2.43. The van der Waals surface area contributed by atoms with Gasteiger partial charge >= 0.3 is 0 Å². The van der Waals surface area contributed by atoms with Crippen LogP contribution < -0.4 is 0 Å². The molecule has 1 saturated heterocycles. The quantitative estimate of drug-likeness (QED) is 0.670. The Balaban J connectivity index is 2.94. The van der Waals surface area contributed by atoms with Gasteiger partial charge in [0.1, 0.15) is 5.21 Å². The lowest BCUT2D eigenvalue weighted by Gasteiger charge is -2.29. The summed E-state index contributed by atoms with van der Waals surface area (Å²) in [5.41, 5.74) is -0.271. The van der Waals surface area contributed by atoms with Gasteiger partial charge in [0.15, 0.2) is 0 Å². The summed E-state index contributed by atoms with van der Waals surface area (Å²) < 4.78 is 24.6. The van der Waals surface area contributed by atoms with Crippen LogP contribution in [0.4, 0.5) is 0 Å². The Bertz CT molecular complexity index is 287. The minimum atomic E-state index is -3.24. The molecule has 0 amide bonds. The van der Waals surface area contributed by atoms with Crippen LogP contribution in [-0.4, -0.2) is 30.0 Å². The standard InChI is InChI=1S/C8H16ClNO2S/c1-7-4-8(2,3)10(5-7)13(11,12)6-9/h7H,4-6H2,1-3H3. The molecule has 78 valence electrons. The molecular formula is C8H16ClNO2S. The molecule has 1 unspecified atom stereocenters. The minimum absolute atomic E-state index is 0.271. The first kappa shape index (κ1) is 11.3. The summed E-state index contributed by atoms with van der Waals surface area (Å²) in [6.07, 6.45) is 0.906.